The van der Waals surface area contributed by atoms with Gasteiger partial charge in [0.2, 0.25) is 0 Å². The van der Waals surface area contributed by atoms with Crippen LogP contribution in [0.25, 0.3) is 0 Å². The third-order valence-corrected chi connectivity index (χ3v) is 2.79. The molecule has 3 heteroatoms. The molecule has 80 valence electrons. The number of esters is 1. The Morgan fingerprint density at radius 3 is 2.57 bits per heavy atom. The number of rotatable bonds is 1. The molecule has 1 saturated carbocycles. The van der Waals surface area contributed by atoms with Crippen LogP contribution in [0.15, 0.2) is 0 Å². The van der Waals surface area contributed by atoms with E-state index >= 15 is 0 Å². The molecule has 0 aliphatic heterocycles. The Morgan fingerprint density at radius 1 is 1.21 bits per heavy atom. The van der Waals surface area contributed by atoms with Crippen molar-refractivity contribution in [1.29, 1.82) is 0 Å². The normalized spacial score (nSPS) is 24.6. The fourth-order valence-electron chi connectivity index (χ4n) is 1.90. The second-order valence-corrected chi connectivity index (χ2v) is 3.85. The topological polar surface area (TPSA) is 43.4 Å². The zero-order valence-corrected chi connectivity index (χ0v) is 8.75. The van der Waals surface area contributed by atoms with Gasteiger partial charge in [0, 0.05) is 6.42 Å². The molecule has 1 aliphatic carbocycles. The van der Waals surface area contributed by atoms with Crippen LogP contribution < -0.4 is 0 Å². The molecule has 1 aliphatic rings. The first-order valence-corrected chi connectivity index (χ1v) is 5.36. The lowest BCUT2D eigenvalue weighted by Crippen LogP contribution is -2.24. The summed E-state index contributed by atoms with van der Waals surface area (Å²) in [6.45, 7) is 0. The summed E-state index contributed by atoms with van der Waals surface area (Å²) in [7, 11) is 1.35. The van der Waals surface area contributed by atoms with Crippen LogP contribution in [0, 0.1) is 5.92 Å². The molecule has 0 aromatic heterocycles. The van der Waals surface area contributed by atoms with E-state index in [-0.39, 0.29) is 11.8 Å². The summed E-state index contributed by atoms with van der Waals surface area (Å²) < 4.78 is 4.64. The highest BCUT2D eigenvalue weighted by Gasteiger charge is 2.26. The maximum absolute atomic E-state index is 11.6. The van der Waals surface area contributed by atoms with Crippen LogP contribution >= 0.6 is 0 Å². The average Bonchev–Trinajstić information content (AvgIpc) is 2.29. The first-order valence-electron chi connectivity index (χ1n) is 5.36. The molecular formula is C11H18O3. The van der Waals surface area contributed by atoms with Crippen molar-refractivity contribution in [2.45, 2.75) is 44.9 Å². The van der Waals surface area contributed by atoms with Crippen molar-refractivity contribution in [3.63, 3.8) is 0 Å². The number of hydrogen-bond donors (Lipinski definition) is 0. The summed E-state index contributed by atoms with van der Waals surface area (Å²) in [6.07, 6.45) is 6.52. The van der Waals surface area contributed by atoms with Crippen molar-refractivity contribution < 1.29 is 14.3 Å². The lowest BCUT2D eigenvalue weighted by molar-refractivity contribution is -0.149. The Kier molecular flexibility index (Phi) is 4.63. The molecule has 0 amide bonds. The third kappa shape index (κ3) is 3.13. The molecule has 0 spiro atoms. The number of hydrogen-bond acceptors (Lipinski definition) is 3. The molecule has 1 fully saturated rings. The van der Waals surface area contributed by atoms with E-state index in [9.17, 15) is 9.59 Å². The average molecular weight is 198 g/mol. The fourth-order valence-corrected chi connectivity index (χ4v) is 1.90. The van der Waals surface area contributed by atoms with E-state index in [1.54, 1.807) is 0 Å². The quantitative estimate of drug-likeness (QED) is 0.478. The molecule has 1 atom stereocenters. The molecule has 0 heterocycles. The van der Waals surface area contributed by atoms with Crippen LogP contribution in [0.3, 0.4) is 0 Å². The Morgan fingerprint density at radius 2 is 1.86 bits per heavy atom. The van der Waals surface area contributed by atoms with Gasteiger partial charge in [-0.25, -0.2) is 0 Å². The standard InChI is InChI=1S/C11H18O3/c1-14-11(13)9-7-5-3-2-4-6-8-10(9)12/h9H,2-8H2,1H3. The number of carbonyl (C=O) groups is 2. The van der Waals surface area contributed by atoms with Crippen molar-refractivity contribution in [1.82, 2.24) is 0 Å². The van der Waals surface area contributed by atoms with E-state index in [4.69, 9.17) is 0 Å². The number of ether oxygens (including phenoxy) is 1. The zero-order valence-electron chi connectivity index (χ0n) is 8.75. The van der Waals surface area contributed by atoms with E-state index in [1.807, 2.05) is 0 Å². The van der Waals surface area contributed by atoms with Crippen molar-refractivity contribution in [2.24, 2.45) is 5.92 Å². The van der Waals surface area contributed by atoms with Crippen LogP contribution in [0.5, 0.6) is 0 Å². The molecule has 14 heavy (non-hydrogen) atoms. The van der Waals surface area contributed by atoms with E-state index in [0.29, 0.717) is 12.8 Å². The van der Waals surface area contributed by atoms with Gasteiger partial charge in [-0.2, -0.15) is 0 Å². The Bertz CT molecular complexity index is 211. The van der Waals surface area contributed by atoms with Crippen LogP contribution in [0.2, 0.25) is 0 Å². The van der Waals surface area contributed by atoms with Gasteiger partial charge in [0.25, 0.3) is 0 Å². The summed E-state index contributed by atoms with van der Waals surface area (Å²) in [4.78, 5) is 22.9. The van der Waals surface area contributed by atoms with E-state index in [2.05, 4.69) is 4.74 Å². The predicted molar refractivity (Wildman–Crippen MR) is 52.8 cm³/mol. The molecule has 0 aromatic rings. The second kappa shape index (κ2) is 5.78. The minimum absolute atomic E-state index is 0.0683. The highest BCUT2D eigenvalue weighted by atomic mass is 16.5. The Labute approximate surface area is 84.8 Å². The van der Waals surface area contributed by atoms with Crippen LogP contribution in [-0.4, -0.2) is 18.9 Å². The summed E-state index contributed by atoms with van der Waals surface area (Å²) in [5.74, 6) is -0.770. The molecule has 1 unspecified atom stereocenters. The van der Waals surface area contributed by atoms with E-state index in [1.165, 1.54) is 13.5 Å². The van der Waals surface area contributed by atoms with Gasteiger partial charge in [-0.3, -0.25) is 9.59 Å². The fraction of sp³-hybridized carbons (Fsp3) is 0.818. The lowest BCUT2D eigenvalue weighted by atomic mass is 9.96. The maximum atomic E-state index is 11.6. The Balaban J connectivity index is 2.57. The minimum atomic E-state index is -0.488. The minimum Gasteiger partial charge on any atom is -0.468 e. The molecule has 0 radical (unpaired) electrons. The van der Waals surface area contributed by atoms with Crippen molar-refractivity contribution in [3.05, 3.63) is 0 Å². The van der Waals surface area contributed by atoms with Gasteiger partial charge in [-0.1, -0.05) is 25.7 Å². The SMILES string of the molecule is COC(=O)C1CCCCCCCC1=O. The van der Waals surface area contributed by atoms with Gasteiger partial charge in [-0.15, -0.1) is 0 Å². The van der Waals surface area contributed by atoms with Gasteiger partial charge in [0.1, 0.15) is 11.7 Å². The first kappa shape index (κ1) is 11.2. The number of methoxy groups -OCH3 is 1. The monoisotopic (exact) mass is 198 g/mol. The van der Waals surface area contributed by atoms with E-state index < -0.39 is 5.92 Å². The molecule has 3 nitrogen and oxygen atoms in total. The zero-order chi connectivity index (χ0) is 10.4. The molecule has 0 saturated heterocycles. The van der Waals surface area contributed by atoms with Crippen LogP contribution in [0.4, 0.5) is 0 Å². The van der Waals surface area contributed by atoms with E-state index in [0.717, 1.165) is 25.7 Å². The molecule has 0 N–H and O–H groups in total. The number of carbonyl (C=O) groups excluding carboxylic acids is 2. The molecule has 1 rings (SSSR count). The molecular weight excluding hydrogens is 180 g/mol. The van der Waals surface area contributed by atoms with Crippen LogP contribution in [0.1, 0.15) is 44.9 Å². The summed E-state index contributed by atoms with van der Waals surface area (Å²) in [5, 5.41) is 0. The second-order valence-electron chi connectivity index (χ2n) is 3.85. The van der Waals surface area contributed by atoms with Gasteiger partial charge >= 0.3 is 5.97 Å². The van der Waals surface area contributed by atoms with Crippen LogP contribution in [-0.2, 0) is 14.3 Å². The molecule has 0 bridgehead atoms. The maximum Gasteiger partial charge on any atom is 0.316 e. The summed E-state index contributed by atoms with van der Waals surface area (Å²) >= 11 is 0. The van der Waals surface area contributed by atoms with Gasteiger partial charge in [-0.05, 0) is 12.8 Å². The number of ketones is 1. The Hall–Kier alpha value is -0.860. The highest BCUT2D eigenvalue weighted by molar-refractivity contribution is 5.98. The molecule has 0 aromatic carbocycles. The van der Waals surface area contributed by atoms with Gasteiger partial charge in [0.05, 0.1) is 7.11 Å². The van der Waals surface area contributed by atoms with Crippen molar-refractivity contribution in [3.8, 4) is 0 Å². The summed E-state index contributed by atoms with van der Waals surface area (Å²) in [5.41, 5.74) is 0. The largest absolute Gasteiger partial charge is 0.468 e. The smallest absolute Gasteiger partial charge is 0.316 e. The third-order valence-electron chi connectivity index (χ3n) is 2.79. The van der Waals surface area contributed by atoms with Crippen molar-refractivity contribution in [2.75, 3.05) is 7.11 Å². The number of Topliss-reactive ketones (excluding diaryl/α,β-unsaturated/α-hetero) is 1. The first-order chi connectivity index (χ1) is 6.75. The van der Waals surface area contributed by atoms with Crippen molar-refractivity contribution >= 4 is 11.8 Å². The summed E-state index contributed by atoms with van der Waals surface area (Å²) in [6, 6.07) is 0. The van der Waals surface area contributed by atoms with Gasteiger partial charge in [0.15, 0.2) is 0 Å². The van der Waals surface area contributed by atoms with Gasteiger partial charge < -0.3 is 4.74 Å². The lowest BCUT2D eigenvalue weighted by Gasteiger charge is -2.11. The highest BCUT2D eigenvalue weighted by Crippen LogP contribution is 2.20. The predicted octanol–water partition coefficient (Wildman–Crippen LogP) is 2.09.